The van der Waals surface area contributed by atoms with Gasteiger partial charge in [0.25, 0.3) is 5.91 Å². The number of nitrogens with one attached hydrogen (secondary N) is 1. The van der Waals surface area contributed by atoms with Crippen molar-refractivity contribution in [2.45, 2.75) is 40.7 Å². The molecular weight excluding hydrogens is 360 g/mol. The van der Waals surface area contributed by atoms with E-state index >= 15 is 0 Å². The highest BCUT2D eigenvalue weighted by Gasteiger charge is 2.09. The fourth-order valence-electron chi connectivity index (χ4n) is 2.55. The molecule has 0 fully saturated rings. The molecule has 0 atom stereocenters. The molecular formula is C25H30N2O2. The predicted molar refractivity (Wildman–Crippen MR) is 120 cm³/mol. The predicted octanol–water partition coefficient (Wildman–Crippen LogP) is 5.55. The van der Waals surface area contributed by atoms with Crippen molar-refractivity contribution in [2.75, 3.05) is 0 Å². The normalized spacial score (nSPS) is 12.6. The van der Waals surface area contributed by atoms with Crippen molar-refractivity contribution in [3.05, 3.63) is 94.7 Å². The average molecular weight is 391 g/mol. The summed E-state index contributed by atoms with van der Waals surface area (Å²) in [4.78, 5) is 12.6. The van der Waals surface area contributed by atoms with E-state index in [0.717, 1.165) is 23.5 Å². The molecule has 0 aliphatic carbocycles. The minimum Gasteiger partial charge on any atom is -0.457 e. The monoisotopic (exact) mass is 390 g/mol. The largest absolute Gasteiger partial charge is 0.457 e. The van der Waals surface area contributed by atoms with E-state index in [-0.39, 0.29) is 5.91 Å². The summed E-state index contributed by atoms with van der Waals surface area (Å²) in [5, 5.41) is 2.93. The zero-order valence-electron chi connectivity index (χ0n) is 17.7. The van der Waals surface area contributed by atoms with Crippen LogP contribution in [-0.2, 0) is 11.3 Å². The van der Waals surface area contributed by atoms with Crippen LogP contribution < -0.4 is 15.8 Å². The molecule has 0 saturated heterocycles. The van der Waals surface area contributed by atoms with Crippen LogP contribution in [0.4, 0.5) is 0 Å². The van der Waals surface area contributed by atoms with Crippen LogP contribution in [0.5, 0.6) is 11.5 Å². The number of carbonyl (C=O) groups is 1. The van der Waals surface area contributed by atoms with Crippen LogP contribution in [0, 0.1) is 6.92 Å². The third-order valence-corrected chi connectivity index (χ3v) is 4.48. The number of allylic oxidation sites excluding steroid dienone is 4. The van der Waals surface area contributed by atoms with Crippen molar-refractivity contribution in [3.63, 3.8) is 0 Å². The standard InChI is InChI=1S/C25H30N2O2/c1-5-18(2)8-6-11-24(20(4)26)25(28)27-17-21-9-7-10-23(16-21)29-22-14-12-19(3)13-15-22/h6-16H,5,17,26H2,1-4H3,(H,27,28)/b11-6-,18-8?,24-20-. The van der Waals surface area contributed by atoms with E-state index in [4.69, 9.17) is 10.5 Å². The Morgan fingerprint density at radius 1 is 1.10 bits per heavy atom. The first-order valence-electron chi connectivity index (χ1n) is 9.81. The van der Waals surface area contributed by atoms with E-state index in [1.165, 1.54) is 11.1 Å². The van der Waals surface area contributed by atoms with E-state index in [9.17, 15) is 4.79 Å². The first-order chi connectivity index (χ1) is 13.9. The molecule has 2 aromatic carbocycles. The number of nitrogens with two attached hydrogens (primary N) is 1. The maximum atomic E-state index is 12.6. The highest BCUT2D eigenvalue weighted by Crippen LogP contribution is 2.22. The third-order valence-electron chi connectivity index (χ3n) is 4.48. The van der Waals surface area contributed by atoms with Gasteiger partial charge < -0.3 is 15.8 Å². The molecule has 3 N–H and O–H groups in total. The minimum absolute atomic E-state index is 0.200. The van der Waals surface area contributed by atoms with Crippen molar-refractivity contribution >= 4 is 5.91 Å². The molecule has 0 aliphatic heterocycles. The number of rotatable bonds is 8. The lowest BCUT2D eigenvalue weighted by molar-refractivity contribution is -0.117. The molecule has 4 nitrogen and oxygen atoms in total. The summed E-state index contributed by atoms with van der Waals surface area (Å²) in [6.45, 7) is 8.29. The van der Waals surface area contributed by atoms with Gasteiger partial charge in [-0.3, -0.25) is 4.79 Å². The van der Waals surface area contributed by atoms with Gasteiger partial charge in [0.1, 0.15) is 11.5 Å². The maximum Gasteiger partial charge on any atom is 0.253 e. The van der Waals surface area contributed by atoms with Crippen molar-refractivity contribution in [1.29, 1.82) is 0 Å². The molecule has 0 unspecified atom stereocenters. The zero-order chi connectivity index (χ0) is 21.2. The molecule has 0 bridgehead atoms. The summed E-state index contributed by atoms with van der Waals surface area (Å²) in [6, 6.07) is 15.6. The van der Waals surface area contributed by atoms with E-state index in [2.05, 4.69) is 19.2 Å². The fraction of sp³-hybridized carbons (Fsp3) is 0.240. The first kappa shape index (κ1) is 22.0. The van der Waals surface area contributed by atoms with Gasteiger partial charge in [-0.15, -0.1) is 0 Å². The van der Waals surface area contributed by atoms with Crippen LogP contribution in [0.1, 0.15) is 38.3 Å². The van der Waals surface area contributed by atoms with E-state index in [0.29, 0.717) is 17.8 Å². The average Bonchev–Trinajstić information content (AvgIpc) is 2.71. The van der Waals surface area contributed by atoms with Crippen LogP contribution in [0.25, 0.3) is 0 Å². The highest BCUT2D eigenvalue weighted by atomic mass is 16.5. The summed E-state index contributed by atoms with van der Waals surface area (Å²) in [5.74, 6) is 1.31. The lowest BCUT2D eigenvalue weighted by Gasteiger charge is -2.10. The zero-order valence-corrected chi connectivity index (χ0v) is 17.7. The molecule has 2 aromatic rings. The molecule has 0 heterocycles. The molecule has 2 rings (SSSR count). The summed E-state index contributed by atoms with van der Waals surface area (Å²) >= 11 is 0. The summed E-state index contributed by atoms with van der Waals surface area (Å²) in [5.41, 5.74) is 10.2. The highest BCUT2D eigenvalue weighted by molar-refractivity contribution is 5.96. The van der Waals surface area contributed by atoms with E-state index in [1.54, 1.807) is 13.0 Å². The van der Waals surface area contributed by atoms with Gasteiger partial charge in [-0.2, -0.15) is 0 Å². The number of ether oxygens (including phenoxy) is 1. The van der Waals surface area contributed by atoms with Crippen molar-refractivity contribution in [2.24, 2.45) is 5.73 Å². The Bertz CT molecular complexity index is 918. The molecule has 0 radical (unpaired) electrons. The smallest absolute Gasteiger partial charge is 0.253 e. The number of hydrogen-bond acceptors (Lipinski definition) is 3. The SMILES string of the molecule is CCC(C)=C/C=C\C(C(=O)NCc1cccc(Oc2ccc(C)cc2)c1)=C(/C)N. The maximum absolute atomic E-state index is 12.6. The third kappa shape index (κ3) is 7.34. The molecule has 0 spiro atoms. The number of hydrogen-bond donors (Lipinski definition) is 2. The Kier molecular flexibility index (Phi) is 8.28. The lowest BCUT2D eigenvalue weighted by atomic mass is 10.1. The minimum atomic E-state index is -0.200. The van der Waals surface area contributed by atoms with Crippen LogP contribution in [0.15, 0.2) is 83.6 Å². The van der Waals surface area contributed by atoms with Gasteiger partial charge in [0.05, 0.1) is 5.57 Å². The van der Waals surface area contributed by atoms with Crippen LogP contribution in [0.2, 0.25) is 0 Å². The molecule has 152 valence electrons. The lowest BCUT2D eigenvalue weighted by Crippen LogP contribution is -2.25. The molecule has 0 aliphatic rings. The Morgan fingerprint density at radius 2 is 1.83 bits per heavy atom. The second-order valence-electron chi connectivity index (χ2n) is 7.07. The van der Waals surface area contributed by atoms with E-state index in [1.807, 2.05) is 67.6 Å². The summed E-state index contributed by atoms with van der Waals surface area (Å²) < 4.78 is 5.89. The van der Waals surface area contributed by atoms with E-state index < -0.39 is 0 Å². The topological polar surface area (TPSA) is 64.3 Å². The van der Waals surface area contributed by atoms with Gasteiger partial charge in [0, 0.05) is 12.2 Å². The second-order valence-corrected chi connectivity index (χ2v) is 7.07. The Morgan fingerprint density at radius 3 is 2.48 bits per heavy atom. The number of carbonyl (C=O) groups excluding carboxylic acids is 1. The first-order valence-corrected chi connectivity index (χ1v) is 9.81. The fourth-order valence-corrected chi connectivity index (χ4v) is 2.55. The molecule has 4 heteroatoms. The molecule has 0 saturated carbocycles. The van der Waals surface area contributed by atoms with Crippen molar-refractivity contribution < 1.29 is 9.53 Å². The van der Waals surface area contributed by atoms with Gasteiger partial charge in [0.15, 0.2) is 0 Å². The Labute approximate surface area is 173 Å². The molecule has 1 amide bonds. The number of amides is 1. The van der Waals surface area contributed by atoms with Gasteiger partial charge in [-0.05, 0) is 63.1 Å². The number of aryl methyl sites for hydroxylation is 1. The van der Waals surface area contributed by atoms with Gasteiger partial charge in [0.2, 0.25) is 0 Å². The Balaban J connectivity index is 2.01. The quantitative estimate of drug-likeness (QED) is 0.459. The second kappa shape index (κ2) is 10.9. The molecule has 0 aromatic heterocycles. The van der Waals surface area contributed by atoms with Gasteiger partial charge >= 0.3 is 0 Å². The van der Waals surface area contributed by atoms with Crippen LogP contribution in [-0.4, -0.2) is 5.91 Å². The molecule has 29 heavy (non-hydrogen) atoms. The van der Waals surface area contributed by atoms with Crippen LogP contribution >= 0.6 is 0 Å². The van der Waals surface area contributed by atoms with Crippen molar-refractivity contribution in [1.82, 2.24) is 5.32 Å². The number of benzene rings is 2. The summed E-state index contributed by atoms with van der Waals surface area (Å²) in [7, 11) is 0. The summed E-state index contributed by atoms with van der Waals surface area (Å²) in [6.07, 6.45) is 6.57. The van der Waals surface area contributed by atoms with Crippen molar-refractivity contribution in [3.8, 4) is 11.5 Å². The Hall–Kier alpha value is -3.27. The van der Waals surface area contributed by atoms with Gasteiger partial charge in [-0.1, -0.05) is 54.5 Å². The van der Waals surface area contributed by atoms with Crippen LogP contribution in [0.3, 0.4) is 0 Å². The van der Waals surface area contributed by atoms with Gasteiger partial charge in [-0.25, -0.2) is 0 Å².